The number of dihydropyridines is 1. The smallest absolute Gasteiger partial charge is 0.228 e. The molecule has 1 amide bonds. The number of aromatic hydroxyl groups is 1. The Hall–Kier alpha value is -3.02. The van der Waals surface area contributed by atoms with Crippen molar-refractivity contribution in [3.8, 4) is 11.5 Å². The Balaban J connectivity index is 1.92. The van der Waals surface area contributed by atoms with Crippen molar-refractivity contribution in [3.63, 3.8) is 0 Å². The predicted molar refractivity (Wildman–Crippen MR) is 120 cm³/mol. The lowest BCUT2D eigenvalue weighted by Gasteiger charge is -2.24. The highest BCUT2D eigenvalue weighted by Gasteiger charge is 2.21. The van der Waals surface area contributed by atoms with Gasteiger partial charge in [-0.3, -0.25) is 9.79 Å². The minimum atomic E-state index is -0.143. The molecule has 1 aliphatic heterocycles. The van der Waals surface area contributed by atoms with Crippen LogP contribution in [-0.2, 0) is 16.0 Å². The number of carbonyl (C=O) groups excluding carboxylic acids is 1. The van der Waals surface area contributed by atoms with E-state index in [0.29, 0.717) is 17.4 Å². The number of phenolic OH excluding ortho intramolecular Hbond substituents is 1. The van der Waals surface area contributed by atoms with Crippen LogP contribution in [0.4, 0.5) is 0 Å². The number of hydrogen-bond donors (Lipinski definition) is 2. The monoisotopic (exact) mass is 412 g/mol. The standard InChI is InChI=1S/C24H32N2O4/c1-15(2)20(17(4)29-5)11-16(3)21-9-8-19(14-25-21)26-24(28)13-18-7-10-22(27)23(12-18)30-6/h7-8,10,12,14,16,21,27H,1,9,11,13H2,2-6H3,(H,26,28). The Morgan fingerprint density at radius 1 is 1.37 bits per heavy atom. The average molecular weight is 413 g/mol. The van der Waals surface area contributed by atoms with E-state index in [0.717, 1.165) is 35.3 Å². The van der Waals surface area contributed by atoms with Crippen molar-refractivity contribution in [2.45, 2.75) is 46.1 Å². The molecule has 0 aliphatic carbocycles. The Kier molecular flexibility index (Phi) is 8.27. The van der Waals surface area contributed by atoms with Crippen LogP contribution in [0.15, 0.2) is 58.4 Å². The maximum atomic E-state index is 12.4. The van der Waals surface area contributed by atoms with Crippen LogP contribution in [0, 0.1) is 5.92 Å². The summed E-state index contributed by atoms with van der Waals surface area (Å²) in [6.07, 6.45) is 5.53. The van der Waals surface area contributed by atoms with Crippen LogP contribution < -0.4 is 10.1 Å². The van der Waals surface area contributed by atoms with Crippen molar-refractivity contribution in [1.29, 1.82) is 0 Å². The molecular weight excluding hydrogens is 380 g/mol. The topological polar surface area (TPSA) is 80.2 Å². The Labute approximate surface area is 179 Å². The number of nitrogens with one attached hydrogen (secondary N) is 1. The van der Waals surface area contributed by atoms with Crippen molar-refractivity contribution < 1.29 is 19.4 Å². The third kappa shape index (κ3) is 6.24. The van der Waals surface area contributed by atoms with E-state index in [2.05, 4.69) is 23.8 Å². The first-order valence-electron chi connectivity index (χ1n) is 10.0. The van der Waals surface area contributed by atoms with E-state index >= 15 is 0 Å². The number of methoxy groups -OCH3 is 2. The van der Waals surface area contributed by atoms with E-state index in [-0.39, 0.29) is 24.1 Å². The minimum absolute atomic E-state index is 0.0503. The van der Waals surface area contributed by atoms with Crippen LogP contribution in [0.1, 0.15) is 39.2 Å². The lowest BCUT2D eigenvalue weighted by atomic mass is 9.88. The molecule has 2 atom stereocenters. The van der Waals surface area contributed by atoms with Gasteiger partial charge < -0.3 is 19.9 Å². The molecule has 0 aromatic heterocycles. The van der Waals surface area contributed by atoms with Crippen LogP contribution in [0.5, 0.6) is 11.5 Å². The van der Waals surface area contributed by atoms with Gasteiger partial charge in [-0.15, -0.1) is 0 Å². The maximum Gasteiger partial charge on any atom is 0.228 e. The molecule has 0 fully saturated rings. The summed E-state index contributed by atoms with van der Waals surface area (Å²) in [5.74, 6) is 1.46. The molecule has 0 radical (unpaired) electrons. The molecule has 0 bridgehead atoms. The van der Waals surface area contributed by atoms with Crippen molar-refractivity contribution in [3.05, 3.63) is 59.0 Å². The van der Waals surface area contributed by atoms with Crippen molar-refractivity contribution in [1.82, 2.24) is 5.32 Å². The highest BCUT2D eigenvalue weighted by atomic mass is 16.5. The minimum Gasteiger partial charge on any atom is -0.504 e. The zero-order valence-electron chi connectivity index (χ0n) is 18.5. The molecule has 2 N–H and O–H groups in total. The number of hydrogen-bond acceptors (Lipinski definition) is 5. The zero-order chi connectivity index (χ0) is 22.3. The van der Waals surface area contributed by atoms with E-state index in [9.17, 15) is 9.90 Å². The quantitative estimate of drug-likeness (QED) is 0.468. The SMILES string of the molecule is C=C(C)C(CC(C)C1CC=C(NC(=O)Cc2ccc(O)c(OC)c2)C=N1)=C(C)OC. The second kappa shape index (κ2) is 10.7. The zero-order valence-corrected chi connectivity index (χ0v) is 18.5. The first kappa shape index (κ1) is 23.3. The molecule has 1 aromatic rings. The fourth-order valence-electron chi connectivity index (χ4n) is 3.42. The molecule has 6 nitrogen and oxygen atoms in total. The number of rotatable bonds is 9. The van der Waals surface area contributed by atoms with Crippen molar-refractivity contribution in [2.24, 2.45) is 10.9 Å². The van der Waals surface area contributed by atoms with Crippen LogP contribution >= 0.6 is 0 Å². The van der Waals surface area contributed by atoms with Gasteiger partial charge in [0.25, 0.3) is 0 Å². The second-order valence-electron chi connectivity index (χ2n) is 7.67. The predicted octanol–water partition coefficient (Wildman–Crippen LogP) is 4.31. The molecule has 0 spiro atoms. The van der Waals surface area contributed by atoms with Gasteiger partial charge in [0.1, 0.15) is 0 Å². The number of amides is 1. The van der Waals surface area contributed by atoms with E-state index < -0.39 is 0 Å². The second-order valence-corrected chi connectivity index (χ2v) is 7.67. The Bertz CT molecular complexity index is 883. The Morgan fingerprint density at radius 2 is 2.10 bits per heavy atom. The first-order valence-corrected chi connectivity index (χ1v) is 10.0. The highest BCUT2D eigenvalue weighted by molar-refractivity contribution is 5.89. The molecule has 0 saturated carbocycles. The molecule has 1 aromatic carbocycles. The lowest BCUT2D eigenvalue weighted by molar-refractivity contribution is -0.119. The summed E-state index contributed by atoms with van der Waals surface area (Å²) in [5, 5.41) is 12.6. The van der Waals surface area contributed by atoms with E-state index in [1.54, 1.807) is 25.5 Å². The summed E-state index contributed by atoms with van der Waals surface area (Å²) < 4.78 is 10.5. The average Bonchev–Trinajstić information content (AvgIpc) is 2.72. The van der Waals surface area contributed by atoms with Crippen LogP contribution in [0.3, 0.4) is 0 Å². The molecule has 1 aliphatic rings. The number of ether oxygens (including phenoxy) is 2. The molecular formula is C24H32N2O4. The largest absolute Gasteiger partial charge is 0.504 e. The first-order chi connectivity index (χ1) is 14.2. The van der Waals surface area contributed by atoms with Gasteiger partial charge >= 0.3 is 0 Å². The molecule has 2 rings (SSSR count). The number of nitrogens with zero attached hydrogens (tertiary/aromatic N) is 1. The van der Waals surface area contributed by atoms with Gasteiger partial charge in [-0.2, -0.15) is 0 Å². The van der Waals surface area contributed by atoms with Crippen LogP contribution in [-0.4, -0.2) is 37.5 Å². The molecule has 162 valence electrons. The van der Waals surface area contributed by atoms with Crippen LogP contribution in [0.2, 0.25) is 0 Å². The van der Waals surface area contributed by atoms with Crippen LogP contribution in [0.25, 0.3) is 0 Å². The molecule has 2 unspecified atom stereocenters. The molecule has 6 heteroatoms. The number of benzene rings is 1. The van der Waals surface area contributed by atoms with E-state index in [1.807, 2.05) is 19.9 Å². The summed E-state index contributed by atoms with van der Waals surface area (Å²) in [6.45, 7) is 10.2. The third-order valence-corrected chi connectivity index (χ3v) is 5.31. The molecule has 1 heterocycles. The normalized spacial score (nSPS) is 17.5. The van der Waals surface area contributed by atoms with E-state index in [1.165, 1.54) is 13.2 Å². The maximum absolute atomic E-state index is 12.4. The number of aliphatic imine (C=N–C) groups is 1. The Morgan fingerprint density at radius 3 is 2.67 bits per heavy atom. The third-order valence-electron chi connectivity index (χ3n) is 5.31. The van der Waals surface area contributed by atoms with Gasteiger partial charge in [0.2, 0.25) is 5.91 Å². The van der Waals surface area contributed by atoms with Gasteiger partial charge in [-0.1, -0.05) is 31.2 Å². The van der Waals surface area contributed by atoms with Gasteiger partial charge in [-0.05, 0) is 55.9 Å². The number of allylic oxidation sites excluding steroid dienone is 4. The molecule has 30 heavy (non-hydrogen) atoms. The van der Waals surface area contributed by atoms with Gasteiger partial charge in [0, 0.05) is 6.21 Å². The fraction of sp³-hybridized carbons (Fsp3) is 0.417. The highest BCUT2D eigenvalue weighted by Crippen LogP contribution is 2.28. The summed E-state index contributed by atoms with van der Waals surface area (Å²) in [6, 6.07) is 5.03. The van der Waals surface area contributed by atoms with E-state index in [4.69, 9.17) is 9.47 Å². The summed E-state index contributed by atoms with van der Waals surface area (Å²) >= 11 is 0. The number of phenols is 1. The summed E-state index contributed by atoms with van der Waals surface area (Å²) in [4.78, 5) is 17.0. The lowest BCUT2D eigenvalue weighted by Crippen LogP contribution is -2.28. The number of carbonyl (C=O) groups is 1. The van der Waals surface area contributed by atoms with Gasteiger partial charge in [0.15, 0.2) is 11.5 Å². The molecule has 0 saturated heterocycles. The van der Waals surface area contributed by atoms with Gasteiger partial charge in [-0.25, -0.2) is 0 Å². The van der Waals surface area contributed by atoms with Gasteiger partial charge in [0.05, 0.1) is 38.1 Å². The summed E-state index contributed by atoms with van der Waals surface area (Å²) in [7, 11) is 3.15. The fourth-order valence-corrected chi connectivity index (χ4v) is 3.42. The van der Waals surface area contributed by atoms with Crippen molar-refractivity contribution >= 4 is 12.1 Å². The van der Waals surface area contributed by atoms with Crippen molar-refractivity contribution in [2.75, 3.05) is 14.2 Å². The summed E-state index contributed by atoms with van der Waals surface area (Å²) in [5.41, 5.74) is 3.61.